The first-order valence-corrected chi connectivity index (χ1v) is 5.88. The number of fused-ring (bicyclic) bond motifs is 1. The smallest absolute Gasteiger partial charge is 0.269 e. The van der Waals surface area contributed by atoms with E-state index in [9.17, 15) is 5.11 Å². The van der Waals surface area contributed by atoms with Crippen LogP contribution in [0.15, 0.2) is 48.5 Å². The molecule has 0 aromatic heterocycles. The van der Waals surface area contributed by atoms with Crippen molar-refractivity contribution < 1.29 is 14.6 Å². The van der Waals surface area contributed by atoms with Crippen molar-refractivity contribution in [3.8, 4) is 11.5 Å². The maximum Gasteiger partial charge on any atom is 0.269 e. The number of benzene rings is 2. The quantitative estimate of drug-likeness (QED) is 0.835. The first-order chi connectivity index (χ1) is 8.67. The molecule has 0 saturated carbocycles. The van der Waals surface area contributed by atoms with Crippen LogP contribution in [-0.2, 0) is 5.79 Å². The van der Waals surface area contributed by atoms with Crippen molar-refractivity contribution in [1.82, 2.24) is 0 Å². The average Bonchev–Trinajstić information content (AvgIpc) is 2.39. The van der Waals surface area contributed by atoms with Gasteiger partial charge >= 0.3 is 0 Å². The standard InChI is InChI=1S/C15H14O3/c1-11-6-8-12(9-7-11)15(16)10-17-13-4-2-3-5-14(13)18-15/h2-9,16H,10H2,1H3. The number of aliphatic hydroxyl groups is 1. The third kappa shape index (κ3) is 1.83. The van der Waals surface area contributed by atoms with E-state index in [2.05, 4.69) is 0 Å². The number of para-hydroxylation sites is 2. The maximum atomic E-state index is 10.5. The lowest BCUT2D eigenvalue weighted by atomic mass is 10.0. The van der Waals surface area contributed by atoms with Gasteiger partial charge in [0.1, 0.15) is 0 Å². The summed E-state index contributed by atoms with van der Waals surface area (Å²) in [5, 5.41) is 10.5. The fraction of sp³-hybridized carbons (Fsp3) is 0.200. The summed E-state index contributed by atoms with van der Waals surface area (Å²) in [4.78, 5) is 0. The van der Waals surface area contributed by atoms with E-state index in [1.165, 1.54) is 0 Å². The van der Waals surface area contributed by atoms with Crippen molar-refractivity contribution in [3.05, 3.63) is 59.7 Å². The van der Waals surface area contributed by atoms with Crippen molar-refractivity contribution in [2.45, 2.75) is 12.7 Å². The van der Waals surface area contributed by atoms with Gasteiger partial charge in [-0.2, -0.15) is 0 Å². The third-order valence-electron chi connectivity index (χ3n) is 3.05. The van der Waals surface area contributed by atoms with E-state index in [1.807, 2.05) is 49.4 Å². The summed E-state index contributed by atoms with van der Waals surface area (Å²) >= 11 is 0. The molecule has 1 aliphatic rings. The molecule has 3 rings (SSSR count). The zero-order chi connectivity index (χ0) is 12.6. The Morgan fingerprint density at radius 1 is 1.00 bits per heavy atom. The molecule has 1 heterocycles. The van der Waals surface area contributed by atoms with Gasteiger partial charge in [0.2, 0.25) is 0 Å². The van der Waals surface area contributed by atoms with Crippen LogP contribution in [0.25, 0.3) is 0 Å². The second kappa shape index (κ2) is 4.03. The molecule has 0 aliphatic carbocycles. The van der Waals surface area contributed by atoms with E-state index in [4.69, 9.17) is 9.47 Å². The number of ether oxygens (including phenoxy) is 2. The van der Waals surface area contributed by atoms with E-state index < -0.39 is 5.79 Å². The largest absolute Gasteiger partial charge is 0.482 e. The van der Waals surface area contributed by atoms with Crippen LogP contribution in [0.3, 0.4) is 0 Å². The molecule has 1 N–H and O–H groups in total. The van der Waals surface area contributed by atoms with Crippen molar-refractivity contribution >= 4 is 0 Å². The first-order valence-electron chi connectivity index (χ1n) is 5.88. The van der Waals surface area contributed by atoms with Gasteiger partial charge in [0.05, 0.1) is 0 Å². The van der Waals surface area contributed by atoms with Gasteiger partial charge < -0.3 is 14.6 Å². The van der Waals surface area contributed by atoms with Gasteiger partial charge in [-0.15, -0.1) is 0 Å². The highest BCUT2D eigenvalue weighted by molar-refractivity contribution is 5.42. The number of aryl methyl sites for hydroxylation is 1. The minimum Gasteiger partial charge on any atom is -0.482 e. The molecule has 2 aromatic rings. The highest BCUT2D eigenvalue weighted by atomic mass is 16.7. The van der Waals surface area contributed by atoms with Crippen molar-refractivity contribution in [2.24, 2.45) is 0 Å². The van der Waals surface area contributed by atoms with E-state index in [-0.39, 0.29) is 6.61 Å². The normalized spacial score (nSPS) is 21.7. The summed E-state index contributed by atoms with van der Waals surface area (Å²) < 4.78 is 11.2. The van der Waals surface area contributed by atoms with Gasteiger partial charge in [-0.1, -0.05) is 42.0 Å². The maximum absolute atomic E-state index is 10.5. The Morgan fingerprint density at radius 2 is 1.67 bits per heavy atom. The molecule has 0 saturated heterocycles. The predicted molar refractivity (Wildman–Crippen MR) is 67.6 cm³/mol. The molecule has 1 atom stereocenters. The molecule has 0 fully saturated rings. The molecule has 0 spiro atoms. The second-order valence-corrected chi connectivity index (χ2v) is 4.49. The fourth-order valence-electron chi connectivity index (χ4n) is 2.00. The molecule has 3 nitrogen and oxygen atoms in total. The molecule has 18 heavy (non-hydrogen) atoms. The lowest BCUT2D eigenvalue weighted by Crippen LogP contribution is -2.41. The molecule has 2 aromatic carbocycles. The summed E-state index contributed by atoms with van der Waals surface area (Å²) in [6, 6.07) is 14.9. The van der Waals surface area contributed by atoms with E-state index >= 15 is 0 Å². The minimum atomic E-state index is -1.41. The van der Waals surface area contributed by atoms with E-state index in [0.717, 1.165) is 5.56 Å². The Hall–Kier alpha value is -2.00. The summed E-state index contributed by atoms with van der Waals surface area (Å²) in [6.45, 7) is 2.09. The Labute approximate surface area is 106 Å². The topological polar surface area (TPSA) is 38.7 Å². The van der Waals surface area contributed by atoms with Crippen LogP contribution >= 0.6 is 0 Å². The van der Waals surface area contributed by atoms with Crippen LogP contribution < -0.4 is 9.47 Å². The highest BCUT2D eigenvalue weighted by Crippen LogP contribution is 2.38. The minimum absolute atomic E-state index is 0.0904. The molecule has 0 bridgehead atoms. The first kappa shape index (κ1) is 11.1. The summed E-state index contributed by atoms with van der Waals surface area (Å²) in [7, 11) is 0. The molecule has 0 radical (unpaired) electrons. The van der Waals surface area contributed by atoms with Crippen LogP contribution in [0.4, 0.5) is 0 Å². The van der Waals surface area contributed by atoms with Gasteiger partial charge in [-0.25, -0.2) is 0 Å². The van der Waals surface area contributed by atoms with Gasteiger partial charge in [-0.3, -0.25) is 0 Å². The summed E-state index contributed by atoms with van der Waals surface area (Å²) in [6.07, 6.45) is 0. The second-order valence-electron chi connectivity index (χ2n) is 4.49. The van der Waals surface area contributed by atoms with Crippen molar-refractivity contribution in [3.63, 3.8) is 0 Å². The monoisotopic (exact) mass is 242 g/mol. The Balaban J connectivity index is 1.96. The number of rotatable bonds is 1. The van der Waals surface area contributed by atoms with Gasteiger partial charge in [0, 0.05) is 5.56 Å². The zero-order valence-electron chi connectivity index (χ0n) is 10.1. The molecule has 0 amide bonds. The number of hydrogen-bond donors (Lipinski definition) is 1. The Morgan fingerprint density at radius 3 is 2.39 bits per heavy atom. The van der Waals surface area contributed by atoms with Gasteiger partial charge in [-0.05, 0) is 19.1 Å². The predicted octanol–water partition coefficient (Wildman–Crippen LogP) is 2.61. The summed E-state index contributed by atoms with van der Waals surface area (Å²) in [5.41, 5.74) is 1.84. The van der Waals surface area contributed by atoms with Crippen LogP contribution in [0.2, 0.25) is 0 Å². The Bertz CT molecular complexity index is 562. The summed E-state index contributed by atoms with van der Waals surface area (Å²) in [5.74, 6) is -0.191. The molecule has 92 valence electrons. The van der Waals surface area contributed by atoms with Crippen LogP contribution in [0.1, 0.15) is 11.1 Å². The van der Waals surface area contributed by atoms with Crippen molar-refractivity contribution in [1.29, 1.82) is 0 Å². The van der Waals surface area contributed by atoms with Crippen LogP contribution in [0, 0.1) is 6.92 Å². The fourth-order valence-corrected chi connectivity index (χ4v) is 2.00. The molecule has 1 aliphatic heterocycles. The SMILES string of the molecule is Cc1ccc(C2(O)COc3ccccc3O2)cc1. The molecular weight excluding hydrogens is 228 g/mol. The molecule has 1 unspecified atom stereocenters. The van der Waals surface area contributed by atoms with Crippen LogP contribution in [0.5, 0.6) is 11.5 Å². The highest BCUT2D eigenvalue weighted by Gasteiger charge is 2.37. The van der Waals surface area contributed by atoms with E-state index in [1.54, 1.807) is 6.07 Å². The molecule has 3 heteroatoms. The zero-order valence-corrected chi connectivity index (χ0v) is 10.1. The third-order valence-corrected chi connectivity index (χ3v) is 3.05. The van der Waals surface area contributed by atoms with E-state index in [0.29, 0.717) is 17.1 Å². The van der Waals surface area contributed by atoms with Gasteiger partial charge in [0.15, 0.2) is 18.1 Å². The Kier molecular flexibility index (Phi) is 2.49. The number of hydrogen-bond acceptors (Lipinski definition) is 3. The molecular formula is C15H14O3. The van der Waals surface area contributed by atoms with Gasteiger partial charge in [0.25, 0.3) is 5.79 Å². The van der Waals surface area contributed by atoms with Crippen LogP contribution in [-0.4, -0.2) is 11.7 Å². The lowest BCUT2D eigenvalue weighted by Gasteiger charge is -2.34. The average molecular weight is 242 g/mol. The lowest BCUT2D eigenvalue weighted by molar-refractivity contribution is -0.182. The van der Waals surface area contributed by atoms with Crippen molar-refractivity contribution in [2.75, 3.05) is 6.61 Å².